The summed E-state index contributed by atoms with van der Waals surface area (Å²) in [5.41, 5.74) is 9.44. The molecule has 1 saturated heterocycles. The molecule has 2 fully saturated rings. The Balaban J connectivity index is 0.000000477. The molecule has 10 heteroatoms. The summed E-state index contributed by atoms with van der Waals surface area (Å²) in [6.07, 6.45) is 9.45. The van der Waals surface area contributed by atoms with Crippen LogP contribution in [0.15, 0.2) is 54.5 Å². The zero-order chi connectivity index (χ0) is 28.1. The minimum atomic E-state index is -1.49. The van der Waals surface area contributed by atoms with E-state index in [1.807, 2.05) is 24.2 Å². The SMILES string of the molecule is C1CCOCC1.[2H][C@](Nc1cc(Cl)c2ncc(C#N)c(NCC)c2c1)(C1=CN(C2CC2)NN1)c1ccc(F)cc1. The van der Waals surface area contributed by atoms with Gasteiger partial charge < -0.3 is 20.8 Å². The van der Waals surface area contributed by atoms with Crippen molar-refractivity contribution in [2.45, 2.75) is 51.1 Å². The minimum Gasteiger partial charge on any atom is -0.384 e. The molecular formula is C29H33ClFN7O. The summed E-state index contributed by atoms with van der Waals surface area (Å²) in [7, 11) is 0. The monoisotopic (exact) mass is 550 g/mol. The number of nitriles is 1. The molecule has 6 rings (SSSR count). The van der Waals surface area contributed by atoms with E-state index in [-0.39, 0.29) is 5.82 Å². The Morgan fingerprint density at radius 1 is 1.26 bits per heavy atom. The molecule has 39 heavy (non-hydrogen) atoms. The van der Waals surface area contributed by atoms with Crippen LogP contribution < -0.4 is 21.6 Å². The van der Waals surface area contributed by atoms with Crippen LogP contribution >= 0.6 is 11.6 Å². The number of anilines is 2. The molecule has 0 bridgehead atoms. The van der Waals surface area contributed by atoms with Crippen LogP contribution in [-0.2, 0) is 4.74 Å². The van der Waals surface area contributed by atoms with E-state index in [0.29, 0.717) is 56.7 Å². The lowest BCUT2D eigenvalue weighted by atomic mass is 10.0. The molecule has 4 N–H and O–H groups in total. The number of hydrogen-bond donors (Lipinski definition) is 4. The summed E-state index contributed by atoms with van der Waals surface area (Å²) >= 11 is 6.58. The van der Waals surface area contributed by atoms with Crippen molar-refractivity contribution in [3.63, 3.8) is 0 Å². The fourth-order valence-electron chi connectivity index (χ4n) is 4.53. The largest absolute Gasteiger partial charge is 0.384 e. The number of nitrogens with one attached hydrogen (secondary N) is 4. The van der Waals surface area contributed by atoms with E-state index in [2.05, 4.69) is 32.6 Å². The molecule has 2 aromatic carbocycles. The summed E-state index contributed by atoms with van der Waals surface area (Å²) in [6.45, 7) is 4.55. The molecule has 8 nitrogen and oxygen atoms in total. The molecule has 1 saturated carbocycles. The van der Waals surface area contributed by atoms with Gasteiger partial charge in [0.2, 0.25) is 0 Å². The Kier molecular flexibility index (Phi) is 8.24. The number of rotatable bonds is 7. The highest BCUT2D eigenvalue weighted by Gasteiger charge is 2.32. The average Bonchev–Trinajstić information content (AvgIpc) is 3.70. The lowest BCUT2D eigenvalue weighted by Crippen LogP contribution is -2.38. The Hall–Kier alpha value is -3.58. The van der Waals surface area contributed by atoms with Crippen molar-refractivity contribution in [1.29, 1.82) is 5.26 Å². The second-order valence-corrected chi connectivity index (χ2v) is 10.0. The Labute approximate surface area is 234 Å². The zero-order valence-electron chi connectivity index (χ0n) is 22.9. The third-order valence-electron chi connectivity index (χ3n) is 6.68. The Morgan fingerprint density at radius 2 is 2.03 bits per heavy atom. The van der Waals surface area contributed by atoms with Gasteiger partial charge in [0.05, 0.1) is 34.9 Å². The average molecular weight is 551 g/mol. The van der Waals surface area contributed by atoms with Crippen molar-refractivity contribution in [1.82, 2.24) is 21.0 Å². The lowest BCUT2D eigenvalue weighted by molar-refractivity contribution is 0.0968. The molecule has 2 aliphatic heterocycles. The number of pyridine rings is 1. The van der Waals surface area contributed by atoms with Crippen LogP contribution in [0.5, 0.6) is 0 Å². The van der Waals surface area contributed by atoms with Gasteiger partial charge in [-0.3, -0.25) is 9.99 Å². The summed E-state index contributed by atoms with van der Waals surface area (Å²) in [5.74, 6) is -0.378. The molecule has 1 aromatic heterocycles. The molecule has 0 unspecified atom stereocenters. The van der Waals surface area contributed by atoms with Gasteiger partial charge in [-0.25, -0.2) is 4.39 Å². The first-order valence-corrected chi connectivity index (χ1v) is 13.7. The van der Waals surface area contributed by atoms with E-state index in [9.17, 15) is 11.0 Å². The van der Waals surface area contributed by atoms with Gasteiger partial charge in [-0.05, 0) is 68.9 Å². The van der Waals surface area contributed by atoms with Crippen LogP contribution in [0.4, 0.5) is 15.8 Å². The number of nitrogens with zero attached hydrogens (tertiary/aromatic N) is 3. The molecule has 1 aliphatic carbocycles. The Morgan fingerprint density at radius 3 is 2.64 bits per heavy atom. The predicted octanol–water partition coefficient (Wildman–Crippen LogP) is 6.00. The van der Waals surface area contributed by atoms with Crippen molar-refractivity contribution in [2.75, 3.05) is 30.4 Å². The maximum atomic E-state index is 13.7. The highest BCUT2D eigenvalue weighted by atomic mass is 35.5. The topological polar surface area (TPSA) is 97.3 Å². The first-order chi connectivity index (χ1) is 19.4. The fourth-order valence-corrected chi connectivity index (χ4v) is 4.80. The smallest absolute Gasteiger partial charge is 0.123 e. The van der Waals surface area contributed by atoms with Crippen LogP contribution in [0.2, 0.25) is 5.02 Å². The number of aromatic nitrogens is 1. The van der Waals surface area contributed by atoms with E-state index >= 15 is 0 Å². The first kappa shape index (κ1) is 25.7. The van der Waals surface area contributed by atoms with E-state index in [0.717, 1.165) is 26.1 Å². The second kappa shape index (κ2) is 12.5. The van der Waals surface area contributed by atoms with Crippen LogP contribution in [-0.4, -0.2) is 35.8 Å². The third kappa shape index (κ3) is 6.53. The quantitative estimate of drug-likeness (QED) is 0.284. The van der Waals surface area contributed by atoms with Crippen molar-refractivity contribution in [2.24, 2.45) is 0 Å². The standard InChI is InChI=1S/C24H23ClFN7.C5H10O/c1-2-28-22-15(11-27)12-29-24-19(22)9-17(10-20(24)25)30-23(14-3-5-16(26)6-4-14)21-13-33(32-31-21)18-7-8-18;1-2-4-6-5-3-1/h3-6,9-10,12-13,18,23,30-32H,2,7-8H2,1H3,(H,28,29);1-5H2/t23-;/m1./s1/i23D;. The summed E-state index contributed by atoms with van der Waals surface area (Å²) in [6, 6.07) is 10.4. The van der Waals surface area contributed by atoms with Crippen LogP contribution in [0.3, 0.4) is 0 Å². The normalized spacial score (nSPS) is 18.6. The Bertz CT molecular complexity index is 1410. The number of halogens is 2. The number of fused-ring (bicyclic) bond motifs is 1. The van der Waals surface area contributed by atoms with Gasteiger partial charge in [-0.1, -0.05) is 23.7 Å². The zero-order valence-corrected chi connectivity index (χ0v) is 22.6. The molecule has 0 amide bonds. The van der Waals surface area contributed by atoms with Gasteiger partial charge in [0.15, 0.2) is 0 Å². The van der Waals surface area contributed by atoms with Gasteiger partial charge in [0.1, 0.15) is 11.9 Å². The van der Waals surface area contributed by atoms with Crippen molar-refractivity contribution >= 4 is 33.9 Å². The maximum Gasteiger partial charge on any atom is 0.123 e. The molecule has 0 spiro atoms. The summed E-state index contributed by atoms with van der Waals surface area (Å²) in [5, 5.41) is 19.1. The maximum absolute atomic E-state index is 13.7. The van der Waals surface area contributed by atoms with Crippen molar-refractivity contribution in [3.8, 4) is 6.07 Å². The fraction of sp³-hybridized carbons (Fsp3) is 0.379. The predicted molar refractivity (Wildman–Crippen MR) is 152 cm³/mol. The summed E-state index contributed by atoms with van der Waals surface area (Å²) < 4.78 is 28.2. The molecule has 204 valence electrons. The highest BCUT2D eigenvalue weighted by Crippen LogP contribution is 2.36. The molecule has 3 heterocycles. The van der Waals surface area contributed by atoms with E-state index in [1.165, 1.54) is 37.6 Å². The number of hydrazine groups is 2. The molecule has 3 aromatic rings. The number of benzene rings is 2. The van der Waals surface area contributed by atoms with E-state index in [4.69, 9.17) is 16.3 Å². The van der Waals surface area contributed by atoms with Crippen molar-refractivity contribution in [3.05, 3.63) is 76.5 Å². The molecular weight excluding hydrogens is 517 g/mol. The van der Waals surface area contributed by atoms with Gasteiger partial charge in [0, 0.05) is 49.3 Å². The second-order valence-electron chi connectivity index (χ2n) is 9.64. The van der Waals surface area contributed by atoms with E-state index < -0.39 is 6.02 Å². The van der Waals surface area contributed by atoms with Crippen LogP contribution in [0, 0.1) is 17.1 Å². The minimum absolute atomic E-state index is 0.378. The molecule has 1 atom stereocenters. The number of hydrogen-bond acceptors (Lipinski definition) is 8. The first-order valence-electron chi connectivity index (χ1n) is 13.8. The van der Waals surface area contributed by atoms with E-state index in [1.54, 1.807) is 18.2 Å². The van der Waals surface area contributed by atoms with Gasteiger partial charge in [-0.15, -0.1) is 5.53 Å². The van der Waals surface area contributed by atoms with Gasteiger partial charge >= 0.3 is 0 Å². The van der Waals surface area contributed by atoms with Gasteiger partial charge in [0.25, 0.3) is 0 Å². The third-order valence-corrected chi connectivity index (χ3v) is 6.96. The van der Waals surface area contributed by atoms with Crippen LogP contribution in [0.1, 0.15) is 57.5 Å². The van der Waals surface area contributed by atoms with Crippen molar-refractivity contribution < 1.29 is 10.5 Å². The highest BCUT2D eigenvalue weighted by molar-refractivity contribution is 6.35. The molecule has 3 aliphatic rings. The molecule has 0 radical (unpaired) electrons. The summed E-state index contributed by atoms with van der Waals surface area (Å²) in [4.78, 5) is 4.36. The lowest BCUT2D eigenvalue weighted by Gasteiger charge is -2.22. The number of ether oxygens (including phenoxy) is 1. The van der Waals surface area contributed by atoms with Crippen LogP contribution in [0.25, 0.3) is 10.9 Å². The van der Waals surface area contributed by atoms with Gasteiger partial charge in [-0.2, -0.15) is 5.26 Å².